The molecular formula is C12H21N5O. The molecule has 0 saturated carbocycles. The Kier molecular flexibility index (Phi) is 5.35. The number of nitrogens with two attached hydrogens (primary N) is 1. The van der Waals surface area contributed by atoms with Crippen molar-refractivity contribution >= 4 is 17.7 Å². The molecule has 1 rings (SSSR count). The number of aryl methyl sites for hydroxylation is 1. The summed E-state index contributed by atoms with van der Waals surface area (Å²) in [6.07, 6.45) is 2.05. The molecule has 0 bridgehead atoms. The minimum absolute atomic E-state index is 0.180. The minimum atomic E-state index is -0.353. The zero-order valence-electron chi connectivity index (χ0n) is 11.2. The van der Waals surface area contributed by atoms with Crippen LogP contribution in [0.15, 0.2) is 6.07 Å². The van der Waals surface area contributed by atoms with Crippen molar-refractivity contribution in [3.8, 4) is 0 Å². The number of primary amides is 1. The molecule has 18 heavy (non-hydrogen) atoms. The van der Waals surface area contributed by atoms with E-state index in [1.807, 2.05) is 17.9 Å². The van der Waals surface area contributed by atoms with Crippen molar-refractivity contribution in [2.45, 2.75) is 26.7 Å². The van der Waals surface area contributed by atoms with Gasteiger partial charge < -0.3 is 16.0 Å². The zero-order chi connectivity index (χ0) is 13.5. The van der Waals surface area contributed by atoms with Crippen LogP contribution < -0.4 is 16.0 Å². The fraction of sp³-hybridized carbons (Fsp3) is 0.583. The molecule has 0 atom stereocenters. The molecule has 0 aliphatic rings. The molecule has 0 aliphatic heterocycles. The number of hydrogen-bond acceptors (Lipinski definition) is 5. The average Bonchev–Trinajstić information content (AvgIpc) is 2.33. The van der Waals surface area contributed by atoms with Gasteiger partial charge >= 0.3 is 0 Å². The Bertz CT molecular complexity index is 407. The van der Waals surface area contributed by atoms with Crippen molar-refractivity contribution in [2.75, 3.05) is 30.4 Å². The quantitative estimate of drug-likeness (QED) is 0.752. The van der Waals surface area contributed by atoms with E-state index in [0.717, 1.165) is 30.9 Å². The lowest BCUT2D eigenvalue weighted by atomic mass is 10.3. The minimum Gasteiger partial charge on any atom is -0.368 e. The van der Waals surface area contributed by atoms with Crippen LogP contribution in [0.25, 0.3) is 0 Å². The molecule has 0 aromatic carbocycles. The maximum Gasteiger partial charge on any atom is 0.236 e. The molecule has 3 N–H and O–H groups in total. The molecule has 1 heterocycles. The van der Waals surface area contributed by atoms with Crippen LogP contribution >= 0.6 is 0 Å². The van der Waals surface area contributed by atoms with Gasteiger partial charge in [0.25, 0.3) is 0 Å². The zero-order valence-corrected chi connectivity index (χ0v) is 11.2. The van der Waals surface area contributed by atoms with Crippen LogP contribution in [0.5, 0.6) is 0 Å². The molecular weight excluding hydrogens is 230 g/mol. The van der Waals surface area contributed by atoms with Gasteiger partial charge in [0, 0.05) is 25.4 Å². The van der Waals surface area contributed by atoms with E-state index in [-0.39, 0.29) is 12.5 Å². The predicted molar refractivity (Wildman–Crippen MR) is 72.6 cm³/mol. The summed E-state index contributed by atoms with van der Waals surface area (Å²) in [5.74, 6) is 0.934. The lowest BCUT2D eigenvalue weighted by Crippen LogP contribution is -2.35. The summed E-state index contributed by atoms with van der Waals surface area (Å²) < 4.78 is 0. The number of aromatic nitrogens is 2. The third-order valence-corrected chi connectivity index (χ3v) is 2.52. The molecule has 1 aromatic rings. The summed E-state index contributed by atoms with van der Waals surface area (Å²) in [5.41, 5.74) is 6.13. The summed E-state index contributed by atoms with van der Waals surface area (Å²) in [5, 5.41) is 2.91. The number of nitrogens with one attached hydrogen (secondary N) is 1. The first kappa shape index (κ1) is 14.2. The second-order valence-corrected chi connectivity index (χ2v) is 4.18. The van der Waals surface area contributed by atoms with Crippen LogP contribution in [0.3, 0.4) is 0 Å². The largest absolute Gasteiger partial charge is 0.368 e. The van der Waals surface area contributed by atoms with Gasteiger partial charge in [0.05, 0.1) is 6.54 Å². The Morgan fingerprint density at radius 1 is 1.50 bits per heavy atom. The number of carbonyl (C=O) groups is 1. The van der Waals surface area contributed by atoms with Crippen LogP contribution in [0.1, 0.15) is 25.5 Å². The summed E-state index contributed by atoms with van der Waals surface area (Å²) in [6.45, 7) is 4.94. The van der Waals surface area contributed by atoms with Gasteiger partial charge in [0.15, 0.2) is 0 Å². The smallest absolute Gasteiger partial charge is 0.236 e. The highest BCUT2D eigenvalue weighted by molar-refractivity contribution is 5.79. The predicted octanol–water partition coefficient (Wildman–Crippen LogP) is 0.919. The lowest BCUT2D eigenvalue weighted by molar-refractivity contribution is -0.116. The van der Waals surface area contributed by atoms with Gasteiger partial charge in [0.1, 0.15) is 5.82 Å². The number of amides is 1. The van der Waals surface area contributed by atoms with Crippen molar-refractivity contribution in [1.82, 2.24) is 9.97 Å². The Balaban J connectivity index is 2.95. The van der Waals surface area contributed by atoms with E-state index < -0.39 is 0 Å². The number of hydrogen-bond donors (Lipinski definition) is 2. The molecule has 0 aliphatic carbocycles. The SMILES string of the molecule is CCCCN(CC(N)=O)c1cc(C)nc(NC)n1. The Hall–Kier alpha value is -1.85. The maximum absolute atomic E-state index is 11.1. The standard InChI is InChI=1S/C12H21N5O/c1-4-5-6-17(8-10(13)18)11-7-9(2)15-12(14-3)16-11/h7H,4-6,8H2,1-3H3,(H2,13,18)(H,14,15,16). The molecule has 0 spiro atoms. The Morgan fingerprint density at radius 2 is 2.22 bits per heavy atom. The van der Waals surface area contributed by atoms with Crippen LogP contribution in [0.2, 0.25) is 0 Å². The molecule has 100 valence electrons. The lowest BCUT2D eigenvalue weighted by Gasteiger charge is -2.22. The molecule has 6 nitrogen and oxygen atoms in total. The highest BCUT2D eigenvalue weighted by Crippen LogP contribution is 2.15. The first-order valence-electron chi connectivity index (χ1n) is 6.13. The molecule has 0 unspecified atom stereocenters. The summed E-state index contributed by atoms with van der Waals surface area (Å²) in [6, 6.07) is 1.86. The van der Waals surface area contributed by atoms with Crippen LogP contribution in [-0.2, 0) is 4.79 Å². The van der Waals surface area contributed by atoms with Crippen molar-refractivity contribution in [3.05, 3.63) is 11.8 Å². The van der Waals surface area contributed by atoms with E-state index >= 15 is 0 Å². The van der Waals surface area contributed by atoms with Crippen LogP contribution in [0.4, 0.5) is 11.8 Å². The first-order valence-corrected chi connectivity index (χ1v) is 6.13. The third kappa shape index (κ3) is 4.20. The van der Waals surface area contributed by atoms with Gasteiger partial charge in [-0.3, -0.25) is 4.79 Å². The van der Waals surface area contributed by atoms with Gasteiger partial charge in [0.2, 0.25) is 11.9 Å². The van der Waals surface area contributed by atoms with Crippen molar-refractivity contribution < 1.29 is 4.79 Å². The van der Waals surface area contributed by atoms with Gasteiger partial charge in [-0.2, -0.15) is 4.98 Å². The van der Waals surface area contributed by atoms with Crippen molar-refractivity contribution in [3.63, 3.8) is 0 Å². The first-order chi connectivity index (χ1) is 8.56. The second-order valence-electron chi connectivity index (χ2n) is 4.18. The van der Waals surface area contributed by atoms with Gasteiger partial charge in [-0.25, -0.2) is 4.98 Å². The van der Waals surface area contributed by atoms with Gasteiger partial charge in [-0.05, 0) is 13.3 Å². The highest BCUT2D eigenvalue weighted by Gasteiger charge is 2.12. The van der Waals surface area contributed by atoms with Gasteiger partial charge in [-0.1, -0.05) is 13.3 Å². The fourth-order valence-electron chi connectivity index (χ4n) is 1.64. The highest BCUT2D eigenvalue weighted by atomic mass is 16.1. The second kappa shape index (κ2) is 6.78. The van der Waals surface area contributed by atoms with Crippen molar-refractivity contribution in [2.24, 2.45) is 5.73 Å². The topological polar surface area (TPSA) is 84.1 Å². The van der Waals surface area contributed by atoms with E-state index in [0.29, 0.717) is 5.95 Å². The molecule has 0 radical (unpaired) electrons. The fourth-order valence-corrected chi connectivity index (χ4v) is 1.64. The molecule has 0 saturated heterocycles. The van der Waals surface area contributed by atoms with E-state index in [1.54, 1.807) is 7.05 Å². The number of rotatable bonds is 7. The van der Waals surface area contributed by atoms with Crippen LogP contribution in [-0.4, -0.2) is 36.0 Å². The average molecular weight is 251 g/mol. The van der Waals surface area contributed by atoms with E-state index in [4.69, 9.17) is 5.73 Å². The van der Waals surface area contributed by atoms with E-state index in [2.05, 4.69) is 22.2 Å². The molecule has 0 fully saturated rings. The molecule has 1 amide bonds. The molecule has 1 aromatic heterocycles. The van der Waals surface area contributed by atoms with E-state index in [1.165, 1.54) is 0 Å². The number of nitrogens with zero attached hydrogens (tertiary/aromatic N) is 3. The normalized spacial score (nSPS) is 10.2. The Morgan fingerprint density at radius 3 is 2.78 bits per heavy atom. The summed E-state index contributed by atoms with van der Waals surface area (Å²) >= 11 is 0. The number of carbonyl (C=O) groups excluding carboxylic acids is 1. The third-order valence-electron chi connectivity index (χ3n) is 2.52. The van der Waals surface area contributed by atoms with Gasteiger partial charge in [-0.15, -0.1) is 0 Å². The number of anilines is 2. The summed E-state index contributed by atoms with van der Waals surface area (Å²) in [7, 11) is 1.77. The molecule has 6 heteroatoms. The Labute approximate surface area is 108 Å². The monoisotopic (exact) mass is 251 g/mol. The van der Waals surface area contributed by atoms with Crippen LogP contribution in [0, 0.1) is 6.92 Å². The maximum atomic E-state index is 11.1. The van der Waals surface area contributed by atoms with Crippen molar-refractivity contribution in [1.29, 1.82) is 0 Å². The number of unbranched alkanes of at least 4 members (excludes halogenated alkanes) is 1. The van der Waals surface area contributed by atoms with E-state index in [9.17, 15) is 4.79 Å². The summed E-state index contributed by atoms with van der Waals surface area (Å²) in [4.78, 5) is 21.6.